The fraction of sp³-hybridized carbons (Fsp3) is 0.576. The topological polar surface area (TPSA) is 143 Å². The van der Waals surface area contributed by atoms with E-state index in [9.17, 15) is 24.0 Å². The molecule has 0 radical (unpaired) electrons. The molecule has 4 aliphatic rings. The number of carbonyl (C=O) groups excluding carboxylic acids is 5. The molecule has 2 aliphatic carbocycles. The first-order valence-corrected chi connectivity index (χ1v) is 28.7. The monoisotopic (exact) mass is 995 g/mol. The van der Waals surface area contributed by atoms with Gasteiger partial charge in [0, 0.05) is 58.1 Å². The zero-order chi connectivity index (χ0) is 50.2. The predicted molar refractivity (Wildman–Crippen MR) is 272 cm³/mol. The van der Waals surface area contributed by atoms with Gasteiger partial charge in [-0.1, -0.05) is 168 Å². The van der Waals surface area contributed by atoms with Crippen LogP contribution in [0.15, 0.2) is 48.5 Å². The Morgan fingerprint density at radius 2 is 0.686 bits per heavy atom. The van der Waals surface area contributed by atoms with E-state index in [1.807, 2.05) is 24.3 Å². The van der Waals surface area contributed by atoms with Crippen LogP contribution in [0, 0.1) is 11.8 Å². The Labute approximate surface area is 420 Å². The summed E-state index contributed by atoms with van der Waals surface area (Å²) in [7, 11) is 0. The number of imide groups is 2. The van der Waals surface area contributed by atoms with Gasteiger partial charge in [-0.25, -0.2) is 0 Å². The van der Waals surface area contributed by atoms with Crippen LogP contribution in [0.2, 0.25) is 0 Å². The summed E-state index contributed by atoms with van der Waals surface area (Å²) in [5, 5.41) is 3.61. The number of hydrogen-bond donors (Lipinski definition) is 0. The fourth-order valence-electron chi connectivity index (χ4n) is 11.5. The molecule has 11 heteroatoms. The fourth-order valence-corrected chi connectivity index (χ4v) is 11.5. The molecule has 4 aromatic rings. The van der Waals surface area contributed by atoms with Gasteiger partial charge in [0.05, 0.1) is 0 Å². The Kier molecular flexibility index (Phi) is 21.2. The molecule has 0 spiro atoms. The van der Waals surface area contributed by atoms with Crippen LogP contribution in [0.25, 0.3) is 21.5 Å². The standard InChI is InChI=1S/C30H41NO2.C29H37NO3.Cr.3O/c1-3-5-7-9-10-12-14-22(13-11-8-6-4-2)21-31-29(32)25-19-17-23-15-16-24-18-20-26(30(31)33)28(25)27(23)24;1-3-5-7-9-11-13-20(12-10-8-6-4-2)19-30-28(32)23-15-14-21-18-25(31)22-16-17-24(29(30)33)27(23)26(21)22;;;;/h17-20,22H,3-16,21H2,1-2H3;14-17,20H,3-13,18-19H2,1-2H3;;;;. The molecule has 0 aromatic heterocycles. The van der Waals surface area contributed by atoms with Crippen molar-refractivity contribution >= 4 is 51.0 Å². The van der Waals surface area contributed by atoms with Crippen LogP contribution in [-0.4, -0.2) is 52.3 Å². The van der Waals surface area contributed by atoms with E-state index in [2.05, 4.69) is 39.8 Å². The molecular formula is C59H78CrN2O8. The maximum atomic E-state index is 13.5. The third-order valence-corrected chi connectivity index (χ3v) is 15.3. The summed E-state index contributed by atoms with van der Waals surface area (Å²) < 4.78 is 25.6. The first kappa shape index (κ1) is 54.6. The Hall–Kier alpha value is -4.72. The van der Waals surface area contributed by atoms with Gasteiger partial charge >= 0.3 is 25.4 Å². The molecular weight excluding hydrogens is 917 g/mol. The van der Waals surface area contributed by atoms with Crippen molar-refractivity contribution in [3.8, 4) is 0 Å². The average molecular weight is 995 g/mol. The Morgan fingerprint density at radius 3 is 1.07 bits per heavy atom. The molecule has 2 unspecified atom stereocenters. The second-order valence-corrected chi connectivity index (χ2v) is 21.1. The SMILES string of the molecule is CCCCCCCC(CCCCCC)CN1C(=O)c2ccc3c4c(ccc(c24)C1=O)C(=O)C3.CCCCCCCCC(CCCCCC)CN1C(=O)c2ccc3c4c(ccc(c24)C1=O)CC3.[O]=[Cr](=[O])=[O]. The molecule has 0 N–H and O–H groups in total. The van der Waals surface area contributed by atoms with E-state index in [4.69, 9.17) is 11.4 Å². The van der Waals surface area contributed by atoms with Crippen molar-refractivity contribution in [2.75, 3.05) is 13.1 Å². The first-order valence-electron chi connectivity index (χ1n) is 27.1. The molecule has 2 atom stereocenters. The number of benzene rings is 4. The van der Waals surface area contributed by atoms with Crippen molar-refractivity contribution in [2.45, 2.75) is 195 Å². The minimum atomic E-state index is -3.79. The normalized spacial score (nSPS) is 15.1. The van der Waals surface area contributed by atoms with Gasteiger partial charge in [0.25, 0.3) is 23.6 Å². The number of hydrogen-bond acceptors (Lipinski definition) is 8. The van der Waals surface area contributed by atoms with Gasteiger partial charge in [-0.2, -0.15) is 0 Å². The summed E-state index contributed by atoms with van der Waals surface area (Å²) in [6.07, 6.45) is 30.4. The summed E-state index contributed by atoms with van der Waals surface area (Å²) in [5.41, 5.74) is 6.78. The molecule has 4 amide bonds. The van der Waals surface area contributed by atoms with Crippen LogP contribution in [0.4, 0.5) is 0 Å². The number of unbranched alkanes of at least 4 members (excludes halogenated alkanes) is 15. The summed E-state index contributed by atoms with van der Waals surface area (Å²) in [6, 6.07) is 15.4. The van der Waals surface area contributed by atoms with Gasteiger partial charge in [0.2, 0.25) is 0 Å². The molecule has 0 saturated carbocycles. The average Bonchev–Trinajstić information content (AvgIpc) is 3.93. The van der Waals surface area contributed by atoms with Crippen LogP contribution in [-0.2, 0) is 44.6 Å². The third kappa shape index (κ3) is 13.4. The van der Waals surface area contributed by atoms with Crippen LogP contribution >= 0.6 is 0 Å². The number of aryl methyl sites for hydroxylation is 2. The third-order valence-electron chi connectivity index (χ3n) is 15.3. The number of nitrogens with zero attached hydrogens (tertiary/aromatic N) is 2. The number of carbonyl (C=O) groups is 5. The molecule has 0 saturated heterocycles. The molecule has 0 bridgehead atoms. The van der Waals surface area contributed by atoms with Crippen molar-refractivity contribution in [3.05, 3.63) is 93.0 Å². The zero-order valence-electron chi connectivity index (χ0n) is 42.6. The summed E-state index contributed by atoms with van der Waals surface area (Å²) in [4.78, 5) is 69.5. The molecule has 70 heavy (non-hydrogen) atoms. The Morgan fingerprint density at radius 1 is 0.386 bits per heavy atom. The number of amides is 4. The van der Waals surface area contributed by atoms with Crippen molar-refractivity contribution < 1.29 is 49.3 Å². The van der Waals surface area contributed by atoms with Crippen LogP contribution < -0.4 is 0 Å². The molecule has 8 rings (SSSR count). The second-order valence-electron chi connectivity index (χ2n) is 20.4. The number of rotatable bonds is 27. The Balaban J connectivity index is 0.000000213. The van der Waals surface area contributed by atoms with Gasteiger partial charge < -0.3 is 0 Å². The van der Waals surface area contributed by atoms with Gasteiger partial charge in [-0.05, 0) is 108 Å². The van der Waals surface area contributed by atoms with E-state index in [1.54, 1.807) is 17.0 Å². The molecule has 2 aliphatic heterocycles. The van der Waals surface area contributed by atoms with Gasteiger partial charge in [0.1, 0.15) is 0 Å². The van der Waals surface area contributed by atoms with Gasteiger partial charge in [0.15, 0.2) is 5.78 Å². The van der Waals surface area contributed by atoms with Gasteiger partial charge in [-0.15, -0.1) is 0 Å². The van der Waals surface area contributed by atoms with Crippen molar-refractivity contribution in [1.29, 1.82) is 0 Å². The predicted octanol–water partition coefficient (Wildman–Crippen LogP) is 14.6. The minimum absolute atomic E-state index is 0.0752. The van der Waals surface area contributed by atoms with Gasteiger partial charge in [-0.3, -0.25) is 33.8 Å². The summed E-state index contributed by atoms with van der Waals surface area (Å²) >= 11 is -3.79. The molecule has 2 heterocycles. The zero-order valence-corrected chi connectivity index (χ0v) is 43.9. The molecule has 378 valence electrons. The van der Waals surface area contributed by atoms with Crippen molar-refractivity contribution in [2.24, 2.45) is 11.8 Å². The van der Waals surface area contributed by atoms with E-state index < -0.39 is 14.0 Å². The maximum absolute atomic E-state index is 13.5. The quantitative estimate of drug-likeness (QED) is 0.0424. The van der Waals surface area contributed by atoms with E-state index in [1.165, 1.54) is 131 Å². The van der Waals surface area contributed by atoms with E-state index >= 15 is 0 Å². The second kappa shape index (κ2) is 27.2. The van der Waals surface area contributed by atoms with Crippen LogP contribution in [0.5, 0.6) is 0 Å². The summed E-state index contributed by atoms with van der Waals surface area (Å²) in [6.45, 7) is 10.0. The number of ketones is 1. The number of Topliss-reactive ketones (excluding diaryl/α,β-unsaturated/α-hetero) is 1. The summed E-state index contributed by atoms with van der Waals surface area (Å²) in [5.74, 6) is 0.289. The van der Waals surface area contributed by atoms with E-state index in [-0.39, 0.29) is 29.4 Å². The first-order chi connectivity index (χ1) is 33.9. The van der Waals surface area contributed by atoms with Crippen molar-refractivity contribution in [1.82, 2.24) is 9.80 Å². The Bertz CT molecular complexity index is 2530. The van der Waals surface area contributed by atoms with Crippen LogP contribution in [0.3, 0.4) is 0 Å². The molecule has 10 nitrogen and oxygen atoms in total. The van der Waals surface area contributed by atoms with E-state index in [0.717, 1.165) is 78.8 Å². The molecule has 0 fully saturated rings. The van der Waals surface area contributed by atoms with Crippen LogP contribution in [0.1, 0.15) is 244 Å². The molecule has 4 aromatic carbocycles. The van der Waals surface area contributed by atoms with E-state index in [0.29, 0.717) is 53.4 Å². The van der Waals surface area contributed by atoms with Crippen molar-refractivity contribution in [3.63, 3.8) is 0 Å².